The molecule has 0 aliphatic rings. The minimum Gasteiger partial charge on any atom is -0.465 e. The van der Waals surface area contributed by atoms with Gasteiger partial charge in [0, 0.05) is 0 Å². The fraction of sp³-hybridized carbons (Fsp3) is 0.250. The lowest BCUT2D eigenvalue weighted by molar-refractivity contribution is -0.385. The first kappa shape index (κ1) is 12.0. The molecule has 1 heterocycles. The number of rotatable bonds is 3. The molecule has 16 heavy (non-hydrogen) atoms. The second-order valence-electron chi connectivity index (χ2n) is 2.68. The molecule has 0 spiro atoms. The minimum absolute atomic E-state index is 0.544. The van der Waals surface area contributed by atoms with E-state index in [0.29, 0.717) is 12.3 Å². The molecular formula is C8H6F2N2O4. The van der Waals surface area contributed by atoms with Crippen LogP contribution in [0.1, 0.15) is 22.5 Å². The first-order chi connectivity index (χ1) is 7.47. The number of nitrogens with zero attached hydrogens (tertiary/aromatic N) is 2. The van der Waals surface area contributed by atoms with E-state index >= 15 is 0 Å². The van der Waals surface area contributed by atoms with Crippen molar-refractivity contribution in [3.63, 3.8) is 0 Å². The van der Waals surface area contributed by atoms with Crippen molar-refractivity contribution in [2.24, 2.45) is 0 Å². The number of methoxy groups -OCH3 is 1. The van der Waals surface area contributed by atoms with E-state index in [9.17, 15) is 23.7 Å². The largest absolute Gasteiger partial charge is 0.465 e. The van der Waals surface area contributed by atoms with Crippen molar-refractivity contribution in [3.8, 4) is 0 Å². The quantitative estimate of drug-likeness (QED) is 0.450. The van der Waals surface area contributed by atoms with E-state index in [0.717, 1.165) is 7.11 Å². The highest BCUT2D eigenvalue weighted by Crippen LogP contribution is 2.23. The molecule has 1 aromatic heterocycles. The molecule has 1 rings (SSSR count). The second-order valence-corrected chi connectivity index (χ2v) is 2.68. The average Bonchev–Trinajstić information content (AvgIpc) is 2.26. The summed E-state index contributed by atoms with van der Waals surface area (Å²) in [6, 6.07) is 0.647. The summed E-state index contributed by atoms with van der Waals surface area (Å²) in [6.45, 7) is 0. The molecule has 0 amide bonds. The van der Waals surface area contributed by atoms with Gasteiger partial charge in [-0.05, 0) is 6.07 Å². The summed E-state index contributed by atoms with van der Waals surface area (Å²) in [5.41, 5.74) is -1.93. The lowest BCUT2D eigenvalue weighted by Gasteiger charge is -2.03. The molecule has 0 N–H and O–H groups in total. The fourth-order valence-electron chi connectivity index (χ4n) is 1.00. The van der Waals surface area contributed by atoms with Gasteiger partial charge >= 0.3 is 11.7 Å². The standard InChI is InChI=1S/C8H6F2N2O4/c1-16-8(13)4-2-5(7(9)10)11-3-6(4)12(14)15/h2-3,7H,1H3. The van der Waals surface area contributed by atoms with Gasteiger partial charge in [-0.15, -0.1) is 0 Å². The lowest BCUT2D eigenvalue weighted by Crippen LogP contribution is -2.07. The zero-order valence-electron chi connectivity index (χ0n) is 8.02. The normalized spacial score (nSPS) is 10.2. The number of pyridine rings is 1. The Labute approximate surface area is 88.0 Å². The average molecular weight is 232 g/mol. The van der Waals surface area contributed by atoms with Crippen molar-refractivity contribution in [2.75, 3.05) is 7.11 Å². The van der Waals surface area contributed by atoms with Gasteiger partial charge in [-0.2, -0.15) is 0 Å². The Hall–Kier alpha value is -2.12. The van der Waals surface area contributed by atoms with Crippen LogP contribution in [0.3, 0.4) is 0 Å². The van der Waals surface area contributed by atoms with Crippen LogP contribution in [0.25, 0.3) is 0 Å². The third kappa shape index (κ3) is 2.27. The van der Waals surface area contributed by atoms with E-state index in [4.69, 9.17) is 0 Å². The van der Waals surface area contributed by atoms with E-state index in [1.807, 2.05) is 0 Å². The highest BCUT2D eigenvalue weighted by atomic mass is 19.3. The number of esters is 1. The van der Waals surface area contributed by atoms with Gasteiger partial charge in [0.15, 0.2) is 0 Å². The van der Waals surface area contributed by atoms with Crippen LogP contribution in [0.5, 0.6) is 0 Å². The Balaban J connectivity index is 3.32. The summed E-state index contributed by atoms with van der Waals surface area (Å²) >= 11 is 0. The van der Waals surface area contributed by atoms with Crippen LogP contribution in [-0.2, 0) is 4.74 Å². The molecule has 0 aliphatic heterocycles. The van der Waals surface area contributed by atoms with Crippen LogP contribution in [0, 0.1) is 10.1 Å². The molecule has 86 valence electrons. The maximum Gasteiger partial charge on any atom is 0.345 e. The van der Waals surface area contributed by atoms with Gasteiger partial charge in [-0.1, -0.05) is 0 Å². The van der Waals surface area contributed by atoms with Crippen molar-refractivity contribution in [1.82, 2.24) is 4.98 Å². The monoisotopic (exact) mass is 232 g/mol. The number of alkyl halides is 2. The predicted molar refractivity (Wildman–Crippen MR) is 47.2 cm³/mol. The van der Waals surface area contributed by atoms with E-state index in [1.165, 1.54) is 0 Å². The molecule has 6 nitrogen and oxygen atoms in total. The molecule has 0 bridgehead atoms. The Morgan fingerprint density at radius 3 is 2.69 bits per heavy atom. The second kappa shape index (κ2) is 4.60. The van der Waals surface area contributed by atoms with Crippen molar-refractivity contribution >= 4 is 11.7 Å². The first-order valence-corrected chi connectivity index (χ1v) is 3.98. The molecule has 0 fully saturated rings. The van der Waals surface area contributed by atoms with Crippen LogP contribution in [0.4, 0.5) is 14.5 Å². The van der Waals surface area contributed by atoms with Crippen LogP contribution < -0.4 is 0 Å². The minimum atomic E-state index is -2.91. The lowest BCUT2D eigenvalue weighted by atomic mass is 10.2. The number of ether oxygens (including phenoxy) is 1. The molecular weight excluding hydrogens is 226 g/mol. The molecule has 0 saturated heterocycles. The molecule has 0 radical (unpaired) electrons. The van der Waals surface area contributed by atoms with E-state index in [2.05, 4.69) is 9.72 Å². The molecule has 0 aliphatic carbocycles. The molecule has 0 atom stereocenters. The fourth-order valence-corrected chi connectivity index (χ4v) is 1.00. The number of aromatic nitrogens is 1. The summed E-state index contributed by atoms with van der Waals surface area (Å²) in [7, 11) is 0.995. The Bertz CT molecular complexity index is 436. The number of carbonyl (C=O) groups is 1. The number of nitro groups is 1. The maximum absolute atomic E-state index is 12.3. The predicted octanol–water partition coefficient (Wildman–Crippen LogP) is 1.71. The summed E-state index contributed by atoms with van der Waals surface area (Å²) in [5.74, 6) is -1.06. The van der Waals surface area contributed by atoms with Crippen molar-refractivity contribution < 1.29 is 23.2 Å². The molecule has 8 heteroatoms. The zero-order valence-corrected chi connectivity index (χ0v) is 8.02. The number of hydrogen-bond acceptors (Lipinski definition) is 5. The van der Waals surface area contributed by atoms with Gasteiger partial charge in [0.05, 0.1) is 12.0 Å². The van der Waals surface area contributed by atoms with Gasteiger partial charge in [0.2, 0.25) is 0 Å². The summed E-state index contributed by atoms with van der Waals surface area (Å²) < 4.78 is 28.8. The number of halogens is 2. The van der Waals surface area contributed by atoms with Gasteiger partial charge < -0.3 is 4.74 Å². The van der Waals surface area contributed by atoms with Gasteiger partial charge in [-0.3, -0.25) is 10.1 Å². The van der Waals surface area contributed by atoms with Crippen molar-refractivity contribution in [2.45, 2.75) is 6.43 Å². The van der Waals surface area contributed by atoms with E-state index < -0.39 is 34.3 Å². The van der Waals surface area contributed by atoms with Crippen LogP contribution in [0.2, 0.25) is 0 Å². The van der Waals surface area contributed by atoms with Crippen molar-refractivity contribution in [3.05, 3.63) is 33.6 Å². The summed E-state index contributed by atoms with van der Waals surface area (Å²) in [4.78, 5) is 23.9. The van der Waals surface area contributed by atoms with Gasteiger partial charge in [-0.25, -0.2) is 18.6 Å². The SMILES string of the molecule is COC(=O)c1cc(C(F)F)ncc1[N+](=O)[O-]. The topological polar surface area (TPSA) is 82.3 Å². The number of carbonyl (C=O) groups excluding carboxylic acids is 1. The highest BCUT2D eigenvalue weighted by Gasteiger charge is 2.24. The van der Waals surface area contributed by atoms with Crippen LogP contribution in [0.15, 0.2) is 12.3 Å². The summed E-state index contributed by atoms with van der Waals surface area (Å²) in [5, 5.41) is 10.5. The van der Waals surface area contributed by atoms with Gasteiger partial charge in [0.1, 0.15) is 17.5 Å². The van der Waals surface area contributed by atoms with Gasteiger partial charge in [0.25, 0.3) is 6.43 Å². The zero-order chi connectivity index (χ0) is 12.3. The van der Waals surface area contributed by atoms with Crippen LogP contribution in [-0.4, -0.2) is 23.0 Å². The molecule has 0 aromatic carbocycles. The van der Waals surface area contributed by atoms with Crippen LogP contribution >= 0.6 is 0 Å². The Morgan fingerprint density at radius 2 is 2.25 bits per heavy atom. The van der Waals surface area contributed by atoms with E-state index in [-0.39, 0.29) is 0 Å². The smallest absolute Gasteiger partial charge is 0.345 e. The third-order valence-electron chi connectivity index (χ3n) is 1.73. The maximum atomic E-state index is 12.3. The molecule has 1 aromatic rings. The summed E-state index contributed by atoms with van der Waals surface area (Å²) in [6.07, 6.45) is -2.31. The Kier molecular flexibility index (Phi) is 3.44. The Morgan fingerprint density at radius 1 is 1.62 bits per heavy atom. The number of hydrogen-bond donors (Lipinski definition) is 0. The third-order valence-corrected chi connectivity index (χ3v) is 1.73. The van der Waals surface area contributed by atoms with Crippen molar-refractivity contribution in [1.29, 1.82) is 0 Å². The highest BCUT2D eigenvalue weighted by molar-refractivity contribution is 5.93. The van der Waals surface area contributed by atoms with E-state index in [1.54, 1.807) is 0 Å². The first-order valence-electron chi connectivity index (χ1n) is 3.98. The molecule has 0 saturated carbocycles. The molecule has 0 unspecified atom stereocenters.